The molecule has 4 aliphatic rings. The number of methoxy groups -OCH3 is 2. The highest BCUT2D eigenvalue weighted by Gasteiger charge is 2.64. The van der Waals surface area contributed by atoms with Gasteiger partial charge in [0.05, 0.1) is 27.0 Å². The van der Waals surface area contributed by atoms with Crippen LogP contribution in [0.15, 0.2) is 36.5 Å². The van der Waals surface area contributed by atoms with Crippen LogP contribution < -0.4 is 29.6 Å². The molecule has 1 saturated heterocycles. The first-order valence-corrected chi connectivity index (χ1v) is 19.3. The SMILES string of the molecule is COc1ccc2c(O[C@@H]3C[C@H]4C(=O)N[C@]5(C(=O)NS(=O)(=O)C6(CF)CC6)C[C@H]5/C=C\[C@@H](C)CCC[C@@H](C)[C@H](NC(=O)O)C(=O)N4C3)ncc(OC)c2c1. The average Bonchev–Trinajstić information content (AvgIpc) is 4.03. The predicted octanol–water partition coefficient (Wildman–Crippen LogP) is 3.07. The van der Waals surface area contributed by atoms with E-state index in [1.807, 2.05) is 13.0 Å². The van der Waals surface area contributed by atoms with Gasteiger partial charge >= 0.3 is 6.09 Å². The summed E-state index contributed by atoms with van der Waals surface area (Å²) in [5.41, 5.74) is -1.68. The first-order chi connectivity index (χ1) is 25.2. The molecular formula is C36H46FN5O10S. The highest BCUT2D eigenvalue weighted by atomic mass is 32.2. The molecule has 1 aromatic heterocycles. The van der Waals surface area contributed by atoms with Crippen LogP contribution in [-0.4, -0.2) is 103 Å². The van der Waals surface area contributed by atoms with Crippen molar-refractivity contribution in [3.63, 3.8) is 0 Å². The van der Waals surface area contributed by atoms with Crippen LogP contribution >= 0.6 is 0 Å². The Morgan fingerprint density at radius 3 is 2.53 bits per heavy atom. The standard InChI is InChI=1S/C36H46FN5O10S/c1-20-6-5-7-21(2)29(39-34(46)47)32(44)42-18-24(52-31-25-11-10-23(50-3)14-26(25)28(51-4)17-38-31)15-27(42)30(43)40-36(16-22(36)9-8-20)33(45)41-53(48,49)35(19-37)12-13-35/h8-11,14,17,20-22,24,27,29,39H,5-7,12-13,15-16,18-19H2,1-4H3,(H,40,43)(H,41,45)(H,46,47)/b9-8-/t20-,21+,22+,24+,27-,29-,36+/m0/s1. The molecule has 6 rings (SSSR count). The third-order valence-electron chi connectivity index (χ3n) is 11.1. The molecule has 1 aromatic carbocycles. The van der Waals surface area contributed by atoms with Gasteiger partial charge in [-0.1, -0.05) is 32.4 Å². The van der Waals surface area contributed by atoms with E-state index in [1.54, 1.807) is 31.2 Å². The number of carboxylic acid groups (broad SMARTS) is 1. The number of ether oxygens (including phenoxy) is 3. The molecule has 3 heterocycles. The number of hydrogen-bond donors (Lipinski definition) is 4. The van der Waals surface area contributed by atoms with Gasteiger partial charge in [-0.15, -0.1) is 0 Å². The van der Waals surface area contributed by atoms with Gasteiger partial charge < -0.3 is 34.9 Å². The van der Waals surface area contributed by atoms with Crippen molar-refractivity contribution in [1.82, 2.24) is 25.2 Å². The number of pyridine rings is 1. The molecule has 2 aromatic rings. The lowest BCUT2D eigenvalue weighted by Gasteiger charge is -2.31. The van der Waals surface area contributed by atoms with Crippen molar-refractivity contribution in [2.75, 3.05) is 27.4 Å². The van der Waals surface area contributed by atoms with Crippen LogP contribution in [-0.2, 0) is 24.4 Å². The van der Waals surface area contributed by atoms with Gasteiger partial charge in [0.1, 0.15) is 46.6 Å². The van der Waals surface area contributed by atoms with E-state index >= 15 is 0 Å². The van der Waals surface area contributed by atoms with Gasteiger partial charge in [-0.3, -0.25) is 19.1 Å². The summed E-state index contributed by atoms with van der Waals surface area (Å²) < 4.78 is 57.6. The number of rotatable bonds is 9. The van der Waals surface area contributed by atoms with E-state index in [0.717, 1.165) is 0 Å². The maximum atomic E-state index is 14.3. The number of carbonyl (C=O) groups is 4. The largest absolute Gasteiger partial charge is 0.497 e. The molecule has 2 aliphatic heterocycles. The van der Waals surface area contributed by atoms with Gasteiger partial charge in [0.15, 0.2) is 0 Å². The van der Waals surface area contributed by atoms with E-state index in [0.29, 0.717) is 41.5 Å². The Balaban J connectivity index is 1.34. The number of nitrogens with one attached hydrogen (secondary N) is 3. The first-order valence-electron chi connectivity index (χ1n) is 17.8. The van der Waals surface area contributed by atoms with Gasteiger partial charge in [0, 0.05) is 23.1 Å². The van der Waals surface area contributed by atoms with Crippen LogP contribution in [0.3, 0.4) is 0 Å². The van der Waals surface area contributed by atoms with Crippen molar-refractivity contribution < 1.29 is 51.3 Å². The molecule has 288 valence electrons. The van der Waals surface area contributed by atoms with Gasteiger partial charge in [0.2, 0.25) is 27.7 Å². The number of aromatic nitrogens is 1. The highest BCUT2D eigenvalue weighted by Crippen LogP contribution is 2.48. The number of fused-ring (bicyclic) bond motifs is 3. The van der Waals surface area contributed by atoms with E-state index < -0.39 is 80.8 Å². The maximum Gasteiger partial charge on any atom is 0.405 e. The van der Waals surface area contributed by atoms with Crippen molar-refractivity contribution in [1.29, 1.82) is 0 Å². The fourth-order valence-corrected chi connectivity index (χ4v) is 8.84. The lowest BCUT2D eigenvalue weighted by Crippen LogP contribution is -2.59. The Bertz CT molecular complexity index is 1920. The Labute approximate surface area is 307 Å². The molecule has 0 unspecified atom stereocenters. The fourth-order valence-electron chi connectivity index (χ4n) is 7.41. The van der Waals surface area contributed by atoms with Crippen LogP contribution in [0, 0.1) is 17.8 Å². The highest BCUT2D eigenvalue weighted by molar-refractivity contribution is 7.91. The normalized spacial score (nSPS) is 30.4. The van der Waals surface area contributed by atoms with E-state index in [9.17, 15) is 37.1 Å². The second-order valence-corrected chi connectivity index (χ2v) is 16.8. The van der Waals surface area contributed by atoms with E-state index in [-0.39, 0.29) is 44.0 Å². The van der Waals surface area contributed by atoms with Gasteiger partial charge in [-0.05, 0) is 62.1 Å². The van der Waals surface area contributed by atoms with Crippen molar-refractivity contribution in [2.45, 2.75) is 87.3 Å². The van der Waals surface area contributed by atoms with Crippen molar-refractivity contribution >= 4 is 44.6 Å². The molecule has 4 N–H and O–H groups in total. The Hall–Kier alpha value is -4.67. The smallest absolute Gasteiger partial charge is 0.405 e. The molecule has 2 saturated carbocycles. The molecule has 0 bridgehead atoms. The second kappa shape index (κ2) is 14.6. The zero-order valence-corrected chi connectivity index (χ0v) is 30.9. The summed E-state index contributed by atoms with van der Waals surface area (Å²) in [6, 6.07) is 2.79. The Morgan fingerprint density at radius 2 is 1.87 bits per heavy atom. The Kier molecular flexibility index (Phi) is 10.5. The monoisotopic (exact) mass is 759 g/mol. The molecule has 7 atom stereocenters. The number of alkyl halides is 1. The molecule has 4 amide bonds. The van der Waals surface area contributed by atoms with Crippen LogP contribution in [0.25, 0.3) is 10.8 Å². The van der Waals surface area contributed by atoms with Gasteiger partial charge in [-0.25, -0.2) is 22.6 Å². The fraction of sp³-hybridized carbons (Fsp3) is 0.583. The zero-order valence-electron chi connectivity index (χ0n) is 30.1. The summed E-state index contributed by atoms with van der Waals surface area (Å²) in [4.78, 5) is 60.1. The average molecular weight is 760 g/mol. The topological polar surface area (TPSA) is 203 Å². The predicted molar refractivity (Wildman–Crippen MR) is 190 cm³/mol. The molecule has 17 heteroatoms. The first kappa shape index (κ1) is 38.1. The Morgan fingerprint density at radius 1 is 1.11 bits per heavy atom. The molecule has 3 fully saturated rings. The summed E-state index contributed by atoms with van der Waals surface area (Å²) >= 11 is 0. The van der Waals surface area contributed by atoms with Crippen LogP contribution in [0.2, 0.25) is 0 Å². The molecule has 15 nitrogen and oxygen atoms in total. The van der Waals surface area contributed by atoms with Crippen molar-refractivity contribution in [3.8, 4) is 17.4 Å². The molecule has 0 spiro atoms. The summed E-state index contributed by atoms with van der Waals surface area (Å²) in [6.07, 6.45) is 4.98. The van der Waals surface area contributed by atoms with E-state index in [2.05, 4.69) is 20.3 Å². The summed E-state index contributed by atoms with van der Waals surface area (Å²) in [5.74, 6) is -2.13. The minimum Gasteiger partial charge on any atom is -0.497 e. The summed E-state index contributed by atoms with van der Waals surface area (Å²) in [7, 11) is -1.37. The van der Waals surface area contributed by atoms with Crippen LogP contribution in [0.5, 0.6) is 17.4 Å². The van der Waals surface area contributed by atoms with Crippen molar-refractivity contribution in [3.05, 3.63) is 36.5 Å². The zero-order chi connectivity index (χ0) is 38.3. The number of nitrogens with zero attached hydrogens (tertiary/aromatic N) is 2. The minimum absolute atomic E-state index is 0.0285. The van der Waals surface area contributed by atoms with E-state index in [4.69, 9.17) is 14.2 Å². The van der Waals surface area contributed by atoms with Gasteiger partial charge in [0.25, 0.3) is 5.91 Å². The third-order valence-corrected chi connectivity index (χ3v) is 13.2. The molecule has 0 radical (unpaired) electrons. The van der Waals surface area contributed by atoms with Crippen LogP contribution in [0.4, 0.5) is 9.18 Å². The summed E-state index contributed by atoms with van der Waals surface area (Å²) in [6.45, 7) is 2.47. The number of hydrogen-bond acceptors (Lipinski definition) is 10. The number of allylic oxidation sites excluding steroid dienone is 1. The minimum atomic E-state index is -4.40. The van der Waals surface area contributed by atoms with Gasteiger partial charge in [-0.2, -0.15) is 0 Å². The number of halogens is 1. The molecule has 2 aliphatic carbocycles. The molecule has 53 heavy (non-hydrogen) atoms. The number of amides is 4. The van der Waals surface area contributed by atoms with E-state index in [1.165, 1.54) is 25.3 Å². The number of carbonyl (C=O) groups excluding carboxylic acids is 3. The number of sulfonamides is 1. The quantitative estimate of drug-likeness (QED) is 0.274. The maximum absolute atomic E-state index is 14.3. The number of benzene rings is 1. The lowest BCUT2D eigenvalue weighted by atomic mass is 9.92. The summed E-state index contributed by atoms with van der Waals surface area (Å²) in [5, 5.41) is 16.1. The third kappa shape index (κ3) is 7.44. The van der Waals surface area contributed by atoms with Crippen LogP contribution in [0.1, 0.15) is 58.8 Å². The molecular weight excluding hydrogens is 713 g/mol. The van der Waals surface area contributed by atoms with Crippen molar-refractivity contribution in [2.24, 2.45) is 17.8 Å². The lowest BCUT2D eigenvalue weighted by molar-refractivity contribution is -0.142. The second-order valence-electron chi connectivity index (χ2n) is 14.7.